The van der Waals surface area contributed by atoms with Crippen LogP contribution in [0.25, 0.3) is 0 Å². The van der Waals surface area contributed by atoms with Crippen LogP contribution in [0.5, 0.6) is 0 Å². The Morgan fingerprint density at radius 1 is 1.10 bits per heavy atom. The van der Waals surface area contributed by atoms with Gasteiger partial charge in [0.25, 0.3) is 0 Å². The first-order valence-electron chi connectivity index (χ1n) is 4.43. The summed E-state index contributed by atoms with van der Waals surface area (Å²) in [6, 6.07) is 0. The molecule has 0 saturated carbocycles. The number of nitrogens with one attached hydrogen (secondary N) is 1. The molecule has 58 valence electrons. The molecule has 0 radical (unpaired) electrons. The van der Waals surface area contributed by atoms with Crippen molar-refractivity contribution < 1.29 is 0 Å². The summed E-state index contributed by atoms with van der Waals surface area (Å²) in [5.74, 6) is 1.05. The van der Waals surface area contributed by atoms with Crippen LogP contribution >= 0.6 is 0 Å². The van der Waals surface area contributed by atoms with Crippen molar-refractivity contribution in [2.45, 2.75) is 25.7 Å². The number of nitrogens with zero attached hydrogens (tertiary/aromatic N) is 1. The van der Waals surface area contributed by atoms with Crippen molar-refractivity contribution in [3.63, 3.8) is 0 Å². The molecule has 3 aliphatic rings. The van der Waals surface area contributed by atoms with E-state index in [1.807, 2.05) is 0 Å². The molecule has 0 aliphatic carbocycles. The van der Waals surface area contributed by atoms with E-state index < -0.39 is 0 Å². The van der Waals surface area contributed by atoms with Crippen molar-refractivity contribution in [3.05, 3.63) is 0 Å². The second-order valence-electron chi connectivity index (χ2n) is 3.48. The van der Waals surface area contributed by atoms with Crippen molar-refractivity contribution in [1.82, 2.24) is 10.4 Å². The monoisotopic (exact) mass is 140 g/mol. The molecule has 0 atom stereocenters. The van der Waals surface area contributed by atoms with Crippen LogP contribution in [0.15, 0.2) is 0 Å². The first kappa shape index (κ1) is 6.62. The van der Waals surface area contributed by atoms with E-state index in [-0.39, 0.29) is 0 Å². The van der Waals surface area contributed by atoms with Crippen molar-refractivity contribution in [2.75, 3.05) is 19.6 Å². The maximum atomic E-state index is 3.44. The molecule has 0 amide bonds. The first-order chi connectivity index (χ1) is 4.95. The fraction of sp³-hybridized carbons (Fsp3) is 1.00. The normalized spacial score (nSPS) is 40.8. The Balaban J connectivity index is 1.94. The van der Waals surface area contributed by atoms with Gasteiger partial charge in [0.2, 0.25) is 0 Å². The summed E-state index contributed by atoms with van der Waals surface area (Å²) in [6.07, 6.45) is 5.68. The minimum absolute atomic E-state index is 1.05. The molecule has 3 heterocycles. The molecule has 0 spiro atoms. The molecular formula is C8H16N2. The van der Waals surface area contributed by atoms with Crippen LogP contribution in [-0.2, 0) is 0 Å². The van der Waals surface area contributed by atoms with E-state index in [4.69, 9.17) is 0 Å². The molecule has 0 aromatic heterocycles. The fourth-order valence-electron chi connectivity index (χ4n) is 2.01. The van der Waals surface area contributed by atoms with Gasteiger partial charge in [-0.2, -0.15) is 0 Å². The predicted octanol–water partition coefficient (Wildman–Crippen LogP) is 0.997. The molecule has 3 fully saturated rings. The molecule has 0 unspecified atom stereocenters. The quantitative estimate of drug-likeness (QED) is 0.540. The van der Waals surface area contributed by atoms with Crippen molar-refractivity contribution in [2.24, 2.45) is 5.92 Å². The number of hydrogen-bond acceptors (Lipinski definition) is 2. The highest BCUT2D eigenvalue weighted by Gasteiger charge is 2.20. The number of hydrogen-bond donors (Lipinski definition) is 1. The van der Waals surface area contributed by atoms with Gasteiger partial charge in [0, 0.05) is 19.6 Å². The Labute approximate surface area is 62.6 Å². The van der Waals surface area contributed by atoms with Gasteiger partial charge in [0.15, 0.2) is 0 Å². The van der Waals surface area contributed by atoms with E-state index in [9.17, 15) is 0 Å². The van der Waals surface area contributed by atoms with E-state index in [1.54, 1.807) is 0 Å². The smallest absolute Gasteiger partial charge is 0.0133 e. The Morgan fingerprint density at radius 2 is 1.90 bits per heavy atom. The molecule has 2 bridgehead atoms. The highest BCUT2D eigenvalue weighted by molar-refractivity contribution is 4.72. The zero-order valence-electron chi connectivity index (χ0n) is 6.47. The Bertz CT molecular complexity index is 86.3. The van der Waals surface area contributed by atoms with Crippen LogP contribution in [-0.4, -0.2) is 24.6 Å². The minimum Gasteiger partial charge on any atom is -0.255 e. The summed E-state index contributed by atoms with van der Waals surface area (Å²) < 4.78 is 0. The SMILES string of the molecule is C1CNN2CCC(C1)CC2. The van der Waals surface area contributed by atoms with Gasteiger partial charge in [0.05, 0.1) is 0 Å². The first-order valence-corrected chi connectivity index (χ1v) is 4.43. The van der Waals surface area contributed by atoms with Gasteiger partial charge in [-0.25, -0.2) is 5.01 Å². The van der Waals surface area contributed by atoms with Gasteiger partial charge in [-0.05, 0) is 31.6 Å². The minimum atomic E-state index is 1.05. The summed E-state index contributed by atoms with van der Waals surface area (Å²) in [4.78, 5) is 0. The van der Waals surface area contributed by atoms with Gasteiger partial charge in [0.1, 0.15) is 0 Å². The number of rotatable bonds is 0. The average Bonchev–Trinajstić information content (AvgIpc) is 1.89. The molecule has 3 rings (SSSR count). The van der Waals surface area contributed by atoms with E-state index >= 15 is 0 Å². The molecule has 3 aliphatic heterocycles. The van der Waals surface area contributed by atoms with E-state index in [2.05, 4.69) is 10.4 Å². The van der Waals surface area contributed by atoms with Gasteiger partial charge in [-0.1, -0.05) is 0 Å². The van der Waals surface area contributed by atoms with Crippen LogP contribution in [0.4, 0.5) is 0 Å². The van der Waals surface area contributed by atoms with Crippen LogP contribution < -0.4 is 5.43 Å². The summed E-state index contributed by atoms with van der Waals surface area (Å²) in [7, 11) is 0. The molecule has 1 N–H and O–H groups in total. The summed E-state index contributed by atoms with van der Waals surface area (Å²) in [5, 5.41) is 2.38. The van der Waals surface area contributed by atoms with Gasteiger partial charge < -0.3 is 0 Å². The number of fused-ring (bicyclic) bond motifs is 5. The second-order valence-corrected chi connectivity index (χ2v) is 3.48. The maximum absolute atomic E-state index is 3.44. The van der Waals surface area contributed by atoms with Crippen LogP contribution in [0, 0.1) is 5.92 Å². The Hall–Kier alpha value is -0.0800. The lowest BCUT2D eigenvalue weighted by Crippen LogP contribution is -2.46. The maximum Gasteiger partial charge on any atom is 0.0133 e. The second kappa shape index (κ2) is 2.89. The van der Waals surface area contributed by atoms with Crippen molar-refractivity contribution in [3.8, 4) is 0 Å². The molecule has 3 saturated heterocycles. The molecule has 0 aromatic rings. The molecule has 10 heavy (non-hydrogen) atoms. The summed E-state index contributed by atoms with van der Waals surface area (Å²) >= 11 is 0. The third kappa shape index (κ3) is 1.32. The Morgan fingerprint density at radius 3 is 2.70 bits per heavy atom. The standard InChI is InChI=1S/C8H16N2/c1-2-8-3-6-10(7-4-8)9-5-1/h8-9H,1-7H2. The molecule has 0 aromatic carbocycles. The molecule has 2 nitrogen and oxygen atoms in total. The lowest BCUT2D eigenvalue weighted by atomic mass is 9.92. The van der Waals surface area contributed by atoms with Crippen molar-refractivity contribution >= 4 is 0 Å². The van der Waals surface area contributed by atoms with E-state index in [0.29, 0.717) is 0 Å². The van der Waals surface area contributed by atoms with Crippen molar-refractivity contribution in [1.29, 1.82) is 0 Å². The lowest BCUT2D eigenvalue weighted by molar-refractivity contribution is 0.0991. The molecular weight excluding hydrogens is 124 g/mol. The van der Waals surface area contributed by atoms with Gasteiger partial charge >= 0.3 is 0 Å². The average molecular weight is 140 g/mol. The summed E-state index contributed by atoms with van der Waals surface area (Å²) in [5.41, 5.74) is 3.44. The number of piperidine rings is 1. The zero-order chi connectivity index (χ0) is 6.81. The fourth-order valence-corrected chi connectivity index (χ4v) is 2.01. The van der Waals surface area contributed by atoms with E-state index in [1.165, 1.54) is 45.3 Å². The van der Waals surface area contributed by atoms with E-state index in [0.717, 1.165) is 5.92 Å². The largest absolute Gasteiger partial charge is 0.255 e. The molecule has 2 heteroatoms. The zero-order valence-corrected chi connectivity index (χ0v) is 6.47. The predicted molar refractivity (Wildman–Crippen MR) is 41.5 cm³/mol. The van der Waals surface area contributed by atoms with Crippen LogP contribution in [0.2, 0.25) is 0 Å². The highest BCUT2D eigenvalue weighted by atomic mass is 15.5. The summed E-state index contributed by atoms with van der Waals surface area (Å²) in [6.45, 7) is 3.77. The Kier molecular flexibility index (Phi) is 1.91. The van der Waals surface area contributed by atoms with Gasteiger partial charge in [-0.3, -0.25) is 5.43 Å². The van der Waals surface area contributed by atoms with Crippen LogP contribution in [0.1, 0.15) is 25.7 Å². The topological polar surface area (TPSA) is 15.3 Å². The van der Waals surface area contributed by atoms with Crippen LogP contribution in [0.3, 0.4) is 0 Å². The third-order valence-electron chi connectivity index (χ3n) is 2.74. The number of hydrazine groups is 1. The lowest BCUT2D eigenvalue weighted by Gasteiger charge is -2.35. The highest BCUT2D eigenvalue weighted by Crippen LogP contribution is 2.22. The van der Waals surface area contributed by atoms with Gasteiger partial charge in [-0.15, -0.1) is 0 Å². The third-order valence-corrected chi connectivity index (χ3v) is 2.74.